The summed E-state index contributed by atoms with van der Waals surface area (Å²) in [6.45, 7) is 1.10. The highest BCUT2D eigenvalue weighted by Gasteiger charge is 2.17. The number of nitrogens with zero attached hydrogens (tertiary/aromatic N) is 6. The van der Waals surface area contributed by atoms with E-state index in [0.29, 0.717) is 11.9 Å². The predicted octanol–water partition coefficient (Wildman–Crippen LogP) is 3.23. The van der Waals surface area contributed by atoms with E-state index in [-0.39, 0.29) is 11.8 Å². The predicted molar refractivity (Wildman–Crippen MR) is 114 cm³/mol. The Hall–Kier alpha value is -2.91. The van der Waals surface area contributed by atoms with Crippen LogP contribution in [0.25, 0.3) is 10.8 Å². The van der Waals surface area contributed by atoms with Crippen LogP contribution in [0.4, 0.5) is 0 Å². The van der Waals surface area contributed by atoms with Gasteiger partial charge in [-0.1, -0.05) is 11.8 Å². The van der Waals surface area contributed by atoms with Gasteiger partial charge in [-0.15, -0.1) is 0 Å². The Balaban J connectivity index is 1.36. The topological polar surface area (TPSA) is 79.8 Å². The first-order valence-electron chi connectivity index (χ1n) is 9.98. The Bertz CT molecular complexity index is 1240. The second-order valence-corrected chi connectivity index (χ2v) is 8.56. The summed E-state index contributed by atoms with van der Waals surface area (Å²) in [5, 5.41) is 14.6. The maximum absolute atomic E-state index is 12.9. The normalized spacial score (nSPS) is 16.9. The highest BCUT2D eigenvalue weighted by Crippen LogP contribution is 2.29. The van der Waals surface area contributed by atoms with Crippen molar-refractivity contribution in [2.45, 2.75) is 41.8 Å². The molecular formula is C21H22N6O2S. The first kappa shape index (κ1) is 19.1. The van der Waals surface area contributed by atoms with Crippen LogP contribution in [0.1, 0.15) is 31.2 Å². The molecule has 1 fully saturated rings. The quantitative estimate of drug-likeness (QED) is 0.491. The van der Waals surface area contributed by atoms with E-state index < -0.39 is 0 Å². The van der Waals surface area contributed by atoms with Crippen LogP contribution >= 0.6 is 11.8 Å². The Morgan fingerprint density at radius 2 is 2.10 bits per heavy atom. The average molecular weight is 423 g/mol. The van der Waals surface area contributed by atoms with Crippen molar-refractivity contribution >= 4 is 22.5 Å². The highest BCUT2D eigenvalue weighted by atomic mass is 32.2. The van der Waals surface area contributed by atoms with Crippen LogP contribution in [0.2, 0.25) is 0 Å². The van der Waals surface area contributed by atoms with Crippen LogP contribution in [0, 0.1) is 0 Å². The fourth-order valence-electron chi connectivity index (χ4n) is 3.64. The van der Waals surface area contributed by atoms with E-state index in [2.05, 4.69) is 15.3 Å². The molecule has 0 amide bonds. The molecule has 4 aromatic rings. The lowest BCUT2D eigenvalue weighted by Crippen LogP contribution is -2.24. The minimum Gasteiger partial charge on any atom is -0.357 e. The van der Waals surface area contributed by atoms with Crippen molar-refractivity contribution in [3.05, 3.63) is 65.1 Å². The molecule has 0 bridgehead atoms. The zero-order valence-electron chi connectivity index (χ0n) is 16.6. The molecule has 30 heavy (non-hydrogen) atoms. The minimum atomic E-state index is -0.117. The fraction of sp³-hybridized carbons (Fsp3) is 0.333. The molecule has 154 valence electrons. The SMILES string of the molecule is Cn1cc(Sc2ccc3c(=O)n(Cc4ccn(C5CCCCO5)n4)ncc3c2)cn1. The smallest absolute Gasteiger partial charge is 0.274 e. The van der Waals surface area contributed by atoms with Crippen LogP contribution in [0.5, 0.6) is 0 Å². The maximum atomic E-state index is 12.9. The zero-order chi connectivity index (χ0) is 20.5. The van der Waals surface area contributed by atoms with Crippen LogP contribution in [0.3, 0.4) is 0 Å². The van der Waals surface area contributed by atoms with Crippen LogP contribution < -0.4 is 5.56 Å². The molecule has 1 atom stereocenters. The molecule has 0 N–H and O–H groups in total. The largest absolute Gasteiger partial charge is 0.357 e. The zero-order valence-corrected chi connectivity index (χ0v) is 17.5. The van der Waals surface area contributed by atoms with Gasteiger partial charge in [0.1, 0.15) is 6.23 Å². The van der Waals surface area contributed by atoms with Crippen LogP contribution in [-0.2, 0) is 18.3 Å². The summed E-state index contributed by atoms with van der Waals surface area (Å²) in [7, 11) is 1.89. The molecule has 0 spiro atoms. The number of hydrogen-bond acceptors (Lipinski definition) is 6. The molecule has 4 heterocycles. The number of fused-ring (bicyclic) bond motifs is 1. The van der Waals surface area contributed by atoms with Gasteiger partial charge >= 0.3 is 0 Å². The summed E-state index contributed by atoms with van der Waals surface area (Å²) in [5.41, 5.74) is 0.677. The van der Waals surface area contributed by atoms with Gasteiger partial charge in [0, 0.05) is 36.3 Å². The van der Waals surface area contributed by atoms with E-state index in [0.717, 1.165) is 46.7 Å². The van der Waals surface area contributed by atoms with E-state index in [4.69, 9.17) is 4.74 Å². The summed E-state index contributed by atoms with van der Waals surface area (Å²) < 4.78 is 10.9. The molecule has 8 nitrogen and oxygen atoms in total. The van der Waals surface area contributed by atoms with E-state index >= 15 is 0 Å². The van der Waals surface area contributed by atoms with E-state index in [1.807, 2.05) is 54.6 Å². The minimum absolute atomic E-state index is 0.00970. The monoisotopic (exact) mass is 422 g/mol. The van der Waals surface area contributed by atoms with Crippen LogP contribution in [-0.4, -0.2) is 35.9 Å². The molecule has 5 rings (SSSR count). The third kappa shape index (κ3) is 3.90. The van der Waals surface area contributed by atoms with Crippen molar-refractivity contribution in [1.29, 1.82) is 0 Å². The van der Waals surface area contributed by atoms with Gasteiger partial charge in [-0.05, 0) is 43.5 Å². The molecule has 3 aromatic heterocycles. The van der Waals surface area contributed by atoms with Crippen molar-refractivity contribution < 1.29 is 4.74 Å². The van der Waals surface area contributed by atoms with Gasteiger partial charge in [0.25, 0.3) is 5.56 Å². The second-order valence-electron chi connectivity index (χ2n) is 7.42. The van der Waals surface area contributed by atoms with Gasteiger partial charge < -0.3 is 4.74 Å². The van der Waals surface area contributed by atoms with Crippen LogP contribution in [0.15, 0.2) is 63.6 Å². The van der Waals surface area contributed by atoms with Crippen molar-refractivity contribution in [2.24, 2.45) is 7.05 Å². The van der Waals surface area contributed by atoms with Crippen molar-refractivity contribution in [3.8, 4) is 0 Å². The van der Waals surface area contributed by atoms with Crippen molar-refractivity contribution in [3.63, 3.8) is 0 Å². The second kappa shape index (κ2) is 8.08. The molecule has 0 radical (unpaired) electrons. The molecule has 1 aromatic carbocycles. The Morgan fingerprint density at radius 1 is 1.17 bits per heavy atom. The van der Waals surface area contributed by atoms with Gasteiger partial charge in [0.15, 0.2) is 0 Å². The number of aryl methyl sites for hydroxylation is 1. The Kier molecular flexibility index (Phi) is 5.14. The number of ether oxygens (including phenoxy) is 1. The lowest BCUT2D eigenvalue weighted by molar-refractivity contribution is -0.0397. The lowest BCUT2D eigenvalue weighted by Gasteiger charge is -2.22. The van der Waals surface area contributed by atoms with E-state index in [9.17, 15) is 4.79 Å². The van der Waals surface area contributed by atoms with E-state index in [1.165, 1.54) is 4.68 Å². The number of benzene rings is 1. The highest BCUT2D eigenvalue weighted by molar-refractivity contribution is 7.99. The number of rotatable bonds is 5. The lowest BCUT2D eigenvalue weighted by atomic mass is 10.2. The number of aromatic nitrogens is 6. The van der Waals surface area contributed by atoms with Gasteiger partial charge in [-0.25, -0.2) is 9.36 Å². The standard InChI is InChI=1S/C21H22N6O2S/c1-25-14-18(12-22-25)30-17-5-6-19-15(10-17)11-23-27(21(19)28)13-16-7-8-26(24-16)20-4-2-3-9-29-20/h5-8,10-12,14,20H,2-4,9,13H2,1H3. The van der Waals surface area contributed by atoms with Gasteiger partial charge in [-0.3, -0.25) is 9.48 Å². The van der Waals surface area contributed by atoms with E-state index in [1.54, 1.807) is 22.6 Å². The number of hydrogen-bond donors (Lipinski definition) is 0. The summed E-state index contributed by atoms with van der Waals surface area (Å²) in [5.74, 6) is 0. The van der Waals surface area contributed by atoms with Crippen molar-refractivity contribution in [2.75, 3.05) is 6.61 Å². The summed E-state index contributed by atoms with van der Waals surface area (Å²) >= 11 is 1.61. The summed E-state index contributed by atoms with van der Waals surface area (Å²) in [6, 6.07) is 7.73. The molecule has 1 saturated heterocycles. The maximum Gasteiger partial charge on any atom is 0.274 e. The summed E-state index contributed by atoms with van der Waals surface area (Å²) in [4.78, 5) is 15.0. The van der Waals surface area contributed by atoms with Crippen molar-refractivity contribution in [1.82, 2.24) is 29.3 Å². The van der Waals surface area contributed by atoms with Gasteiger partial charge in [0.2, 0.25) is 0 Å². The fourth-order valence-corrected chi connectivity index (χ4v) is 4.54. The van der Waals surface area contributed by atoms with Gasteiger partial charge in [-0.2, -0.15) is 15.3 Å². The molecule has 1 aliphatic rings. The third-order valence-corrected chi connectivity index (χ3v) is 6.10. The molecule has 1 unspecified atom stereocenters. The first-order chi connectivity index (χ1) is 14.7. The molecule has 0 saturated carbocycles. The molecular weight excluding hydrogens is 400 g/mol. The summed E-state index contributed by atoms with van der Waals surface area (Å²) in [6.07, 6.45) is 10.6. The molecule has 9 heteroatoms. The molecule has 1 aliphatic heterocycles. The van der Waals surface area contributed by atoms with Gasteiger partial charge in [0.05, 0.1) is 34.9 Å². The third-order valence-electron chi connectivity index (χ3n) is 5.17. The molecule has 0 aliphatic carbocycles. The average Bonchev–Trinajstić information content (AvgIpc) is 3.40. The Morgan fingerprint density at radius 3 is 2.90 bits per heavy atom. The first-order valence-corrected chi connectivity index (χ1v) is 10.8. The Labute approximate surface area is 177 Å².